The van der Waals surface area contributed by atoms with Crippen molar-refractivity contribution in [3.8, 4) is 18.1 Å². The molecule has 0 aliphatic carbocycles. The molecule has 2 aromatic carbocycles. The maximum Gasteiger partial charge on any atom is 0.294 e. The van der Waals surface area contributed by atoms with Crippen molar-refractivity contribution in [2.75, 3.05) is 18.5 Å². The van der Waals surface area contributed by atoms with Gasteiger partial charge in [0.05, 0.1) is 4.91 Å². The maximum atomic E-state index is 12.6. The summed E-state index contributed by atoms with van der Waals surface area (Å²) in [7, 11) is 0. The molecule has 1 N–H and O–H groups in total. The molecule has 1 heterocycles. The number of anilines is 1. The van der Waals surface area contributed by atoms with Crippen molar-refractivity contribution in [3.63, 3.8) is 0 Å². The maximum absolute atomic E-state index is 12.6. The second-order valence-electron chi connectivity index (χ2n) is 6.68. The number of aryl methyl sites for hydroxylation is 2. The zero-order valence-corrected chi connectivity index (χ0v) is 17.4. The van der Waals surface area contributed by atoms with Gasteiger partial charge in [0, 0.05) is 5.69 Å². The molecule has 0 radical (unpaired) electrons. The Kier molecular flexibility index (Phi) is 6.60. The Hall–Kier alpha value is -3.50. The Morgan fingerprint density at radius 2 is 1.90 bits per heavy atom. The van der Waals surface area contributed by atoms with Crippen molar-refractivity contribution in [2.24, 2.45) is 0 Å². The fraction of sp³-hybridized carbons (Fsp3) is 0.174. The number of carbonyl (C=O) groups excluding carboxylic acids is 3. The first-order valence-corrected chi connectivity index (χ1v) is 9.98. The van der Waals surface area contributed by atoms with Crippen molar-refractivity contribution in [1.29, 1.82) is 0 Å². The monoisotopic (exact) mass is 420 g/mol. The van der Waals surface area contributed by atoms with Gasteiger partial charge in [-0.1, -0.05) is 24.1 Å². The van der Waals surface area contributed by atoms with Gasteiger partial charge >= 0.3 is 0 Å². The summed E-state index contributed by atoms with van der Waals surface area (Å²) >= 11 is 0.808. The first-order valence-electron chi connectivity index (χ1n) is 9.16. The van der Waals surface area contributed by atoms with Crippen LogP contribution in [0.3, 0.4) is 0 Å². The summed E-state index contributed by atoms with van der Waals surface area (Å²) in [5.74, 6) is 2.07. The highest BCUT2D eigenvalue weighted by atomic mass is 32.2. The minimum Gasteiger partial charge on any atom is -0.481 e. The summed E-state index contributed by atoms with van der Waals surface area (Å²) in [5, 5.41) is 2.25. The lowest BCUT2D eigenvalue weighted by molar-refractivity contribution is -0.127. The minimum atomic E-state index is -0.493. The fourth-order valence-electron chi connectivity index (χ4n) is 2.74. The number of rotatable bonds is 6. The molecular formula is C23H20N2O4S. The number of nitrogens with one attached hydrogen (secondary N) is 1. The summed E-state index contributed by atoms with van der Waals surface area (Å²) in [4.78, 5) is 38.4. The highest BCUT2D eigenvalue weighted by molar-refractivity contribution is 8.18. The van der Waals surface area contributed by atoms with Crippen LogP contribution in [0.5, 0.6) is 5.75 Å². The number of carbonyl (C=O) groups is 3. The highest BCUT2D eigenvalue weighted by Crippen LogP contribution is 2.32. The van der Waals surface area contributed by atoms with Crippen LogP contribution in [0.1, 0.15) is 16.7 Å². The van der Waals surface area contributed by atoms with E-state index in [2.05, 4.69) is 11.2 Å². The number of hydrogen-bond acceptors (Lipinski definition) is 5. The van der Waals surface area contributed by atoms with E-state index in [1.54, 1.807) is 36.4 Å². The third-order valence-corrected chi connectivity index (χ3v) is 5.37. The largest absolute Gasteiger partial charge is 0.481 e. The first kappa shape index (κ1) is 21.2. The van der Waals surface area contributed by atoms with Crippen LogP contribution < -0.4 is 10.1 Å². The smallest absolute Gasteiger partial charge is 0.294 e. The van der Waals surface area contributed by atoms with Crippen LogP contribution in [-0.2, 0) is 9.59 Å². The van der Waals surface area contributed by atoms with Gasteiger partial charge < -0.3 is 10.1 Å². The average Bonchev–Trinajstić information content (AvgIpc) is 2.97. The number of nitrogens with zero attached hydrogens (tertiary/aromatic N) is 1. The van der Waals surface area contributed by atoms with Crippen molar-refractivity contribution in [3.05, 3.63) is 64.1 Å². The molecule has 0 atom stereocenters. The lowest BCUT2D eigenvalue weighted by Crippen LogP contribution is -2.36. The molecule has 0 bridgehead atoms. The standard InChI is InChI=1S/C23H20N2O4S/c1-4-11-29-19-9-6-17(7-10-19)13-20-22(27)25(23(28)30-20)14-21(26)24-18-8-5-15(2)16(3)12-18/h1,5-10,12-13H,11,14H2,2-3H3,(H,24,26)/b20-13-. The van der Waals surface area contributed by atoms with Gasteiger partial charge in [0.15, 0.2) is 0 Å². The van der Waals surface area contributed by atoms with Crippen LogP contribution in [0.25, 0.3) is 6.08 Å². The van der Waals surface area contributed by atoms with E-state index >= 15 is 0 Å². The van der Waals surface area contributed by atoms with Gasteiger partial charge in [-0.2, -0.15) is 0 Å². The number of thioether (sulfide) groups is 1. The van der Waals surface area contributed by atoms with Crippen LogP contribution in [-0.4, -0.2) is 35.1 Å². The van der Waals surface area contributed by atoms with E-state index in [9.17, 15) is 14.4 Å². The second-order valence-corrected chi connectivity index (χ2v) is 7.67. The normalized spacial score (nSPS) is 14.7. The van der Waals surface area contributed by atoms with E-state index in [0.29, 0.717) is 11.4 Å². The van der Waals surface area contributed by atoms with Gasteiger partial charge in [-0.25, -0.2) is 0 Å². The highest BCUT2D eigenvalue weighted by Gasteiger charge is 2.36. The number of terminal acetylenes is 1. The van der Waals surface area contributed by atoms with Crippen molar-refractivity contribution in [1.82, 2.24) is 4.90 Å². The molecule has 0 aromatic heterocycles. The van der Waals surface area contributed by atoms with Crippen LogP contribution in [0.4, 0.5) is 10.5 Å². The topological polar surface area (TPSA) is 75.7 Å². The van der Waals surface area contributed by atoms with Crippen LogP contribution in [0, 0.1) is 26.2 Å². The van der Waals surface area contributed by atoms with Gasteiger partial charge in [0.2, 0.25) is 5.91 Å². The molecule has 0 unspecified atom stereocenters. The van der Waals surface area contributed by atoms with Crippen LogP contribution in [0.15, 0.2) is 47.4 Å². The summed E-state index contributed by atoms with van der Waals surface area (Å²) in [6.45, 7) is 3.75. The molecule has 7 heteroatoms. The van der Waals surface area contributed by atoms with E-state index in [1.165, 1.54) is 0 Å². The van der Waals surface area contributed by atoms with Crippen molar-refractivity contribution in [2.45, 2.75) is 13.8 Å². The van der Waals surface area contributed by atoms with E-state index in [0.717, 1.165) is 33.4 Å². The molecule has 30 heavy (non-hydrogen) atoms. The van der Waals surface area contributed by atoms with E-state index in [4.69, 9.17) is 11.2 Å². The molecule has 3 rings (SSSR count). The van der Waals surface area contributed by atoms with E-state index < -0.39 is 17.1 Å². The number of hydrogen-bond donors (Lipinski definition) is 1. The van der Waals surface area contributed by atoms with Gasteiger partial charge in [-0.15, -0.1) is 6.42 Å². The van der Waals surface area contributed by atoms with Gasteiger partial charge in [-0.3, -0.25) is 19.3 Å². The Bertz CT molecular complexity index is 1070. The Morgan fingerprint density at radius 3 is 2.57 bits per heavy atom. The Labute approximate surface area is 179 Å². The van der Waals surface area contributed by atoms with Crippen molar-refractivity contribution >= 4 is 40.6 Å². The molecule has 1 fully saturated rings. The van der Waals surface area contributed by atoms with Crippen LogP contribution in [0.2, 0.25) is 0 Å². The lowest BCUT2D eigenvalue weighted by atomic mass is 10.1. The summed E-state index contributed by atoms with van der Waals surface area (Å²) < 4.78 is 5.31. The predicted octanol–water partition coefficient (Wildman–Crippen LogP) is 3.99. The third-order valence-electron chi connectivity index (χ3n) is 4.47. The van der Waals surface area contributed by atoms with Gasteiger partial charge in [0.1, 0.15) is 18.9 Å². The molecule has 1 aliphatic rings. The first-order chi connectivity index (χ1) is 14.4. The van der Waals surface area contributed by atoms with Crippen LogP contribution >= 0.6 is 11.8 Å². The molecule has 3 amide bonds. The second kappa shape index (κ2) is 9.33. The number of amides is 3. The zero-order chi connectivity index (χ0) is 21.7. The fourth-order valence-corrected chi connectivity index (χ4v) is 3.57. The lowest BCUT2D eigenvalue weighted by Gasteiger charge is -2.13. The summed E-state index contributed by atoms with van der Waals surface area (Å²) in [5.41, 5.74) is 3.50. The summed E-state index contributed by atoms with van der Waals surface area (Å²) in [6.07, 6.45) is 6.76. The molecule has 2 aromatic rings. The number of imide groups is 1. The molecule has 6 nitrogen and oxygen atoms in total. The third kappa shape index (κ3) is 5.10. The van der Waals surface area contributed by atoms with Crippen molar-refractivity contribution < 1.29 is 19.1 Å². The minimum absolute atomic E-state index is 0.169. The van der Waals surface area contributed by atoms with E-state index in [-0.39, 0.29) is 18.1 Å². The molecule has 152 valence electrons. The van der Waals surface area contributed by atoms with E-state index in [1.807, 2.05) is 26.0 Å². The Balaban J connectivity index is 1.65. The van der Waals surface area contributed by atoms with Gasteiger partial charge in [-0.05, 0) is 72.6 Å². The molecular weight excluding hydrogens is 400 g/mol. The number of benzene rings is 2. The number of ether oxygens (including phenoxy) is 1. The molecule has 0 saturated carbocycles. The predicted molar refractivity (Wildman–Crippen MR) is 118 cm³/mol. The van der Waals surface area contributed by atoms with Gasteiger partial charge in [0.25, 0.3) is 11.1 Å². The Morgan fingerprint density at radius 1 is 1.17 bits per heavy atom. The molecule has 0 spiro atoms. The zero-order valence-electron chi connectivity index (χ0n) is 16.6. The SMILES string of the molecule is C#CCOc1ccc(/C=C2\SC(=O)N(CC(=O)Nc3ccc(C)c(C)c3)C2=O)cc1. The quantitative estimate of drug-likeness (QED) is 0.565. The molecule has 1 aliphatic heterocycles. The average molecular weight is 420 g/mol. The molecule has 1 saturated heterocycles. The summed E-state index contributed by atoms with van der Waals surface area (Å²) in [6, 6.07) is 12.5.